The monoisotopic (exact) mass is 394 g/mol. The molecule has 1 saturated carbocycles. The maximum absolute atomic E-state index is 13.5. The third-order valence-corrected chi connectivity index (χ3v) is 4.34. The van der Waals surface area contributed by atoms with Crippen molar-refractivity contribution in [2.24, 2.45) is 4.99 Å². The fourth-order valence-corrected chi connectivity index (χ4v) is 2.83. The van der Waals surface area contributed by atoms with Crippen molar-refractivity contribution in [3.63, 3.8) is 0 Å². The highest BCUT2D eigenvalue weighted by molar-refractivity contribution is 5.59. The number of aromatic nitrogens is 6. The van der Waals surface area contributed by atoms with Crippen molar-refractivity contribution in [3.05, 3.63) is 63.3 Å². The van der Waals surface area contributed by atoms with E-state index in [1.165, 1.54) is 28.9 Å². The Bertz CT molecular complexity index is 1400. The van der Waals surface area contributed by atoms with Crippen molar-refractivity contribution in [3.8, 4) is 5.88 Å². The summed E-state index contributed by atoms with van der Waals surface area (Å²) in [5.74, 6) is -0.446. The Morgan fingerprint density at radius 1 is 1.31 bits per heavy atom. The largest absolute Gasteiger partial charge is 0.493 e. The molecule has 0 radical (unpaired) electrons. The Morgan fingerprint density at radius 3 is 2.90 bits per heavy atom. The van der Waals surface area contributed by atoms with E-state index in [1.54, 1.807) is 12.1 Å². The third-order valence-electron chi connectivity index (χ3n) is 4.34. The Kier molecular flexibility index (Phi) is 3.86. The van der Waals surface area contributed by atoms with Crippen LogP contribution in [0.15, 0.2) is 40.2 Å². The topological polar surface area (TPSA) is 136 Å². The van der Waals surface area contributed by atoms with Gasteiger partial charge in [0.05, 0.1) is 12.2 Å². The number of hydrogen-bond donors (Lipinski definition) is 4. The molecule has 0 saturated heterocycles. The van der Waals surface area contributed by atoms with Gasteiger partial charge in [0.25, 0.3) is 5.62 Å². The lowest BCUT2D eigenvalue weighted by atomic mass is 10.3. The number of benzene rings is 1. The number of hydrogen-bond acceptors (Lipinski definition) is 7. The number of imidazole rings is 1. The van der Waals surface area contributed by atoms with E-state index >= 15 is 0 Å². The number of aromatic hydroxyl groups is 1. The van der Waals surface area contributed by atoms with E-state index in [1.807, 2.05) is 0 Å². The summed E-state index contributed by atoms with van der Waals surface area (Å²) in [6, 6.07) is 6.14. The zero-order valence-electron chi connectivity index (χ0n) is 14.9. The first-order chi connectivity index (χ1) is 14.0. The van der Waals surface area contributed by atoms with Crippen molar-refractivity contribution in [1.29, 1.82) is 0 Å². The Balaban J connectivity index is 1.68. The van der Waals surface area contributed by atoms with Crippen LogP contribution in [0.2, 0.25) is 0 Å². The van der Waals surface area contributed by atoms with Crippen molar-refractivity contribution < 1.29 is 9.50 Å². The van der Waals surface area contributed by atoms with Crippen LogP contribution >= 0.6 is 0 Å². The molecular formula is C18H15FN8O2. The zero-order chi connectivity index (χ0) is 20.0. The lowest BCUT2D eigenvalue weighted by Crippen LogP contribution is -2.24. The van der Waals surface area contributed by atoms with Gasteiger partial charge in [-0.3, -0.25) is 4.98 Å². The highest BCUT2D eigenvalue weighted by Crippen LogP contribution is 2.22. The summed E-state index contributed by atoms with van der Waals surface area (Å²) in [7, 11) is 0. The van der Waals surface area contributed by atoms with Gasteiger partial charge in [0.15, 0.2) is 5.65 Å². The summed E-state index contributed by atoms with van der Waals surface area (Å²) < 4.78 is 15.0. The lowest BCUT2D eigenvalue weighted by molar-refractivity contribution is 0.454. The van der Waals surface area contributed by atoms with Gasteiger partial charge in [-0.15, -0.1) is 0 Å². The summed E-state index contributed by atoms with van der Waals surface area (Å²) in [6.07, 6.45) is 5.04. The average molecular weight is 394 g/mol. The van der Waals surface area contributed by atoms with Crippen LogP contribution in [0, 0.1) is 5.82 Å². The molecule has 3 aromatic heterocycles. The van der Waals surface area contributed by atoms with Crippen LogP contribution in [-0.2, 0) is 0 Å². The highest BCUT2D eigenvalue weighted by Gasteiger charge is 2.21. The fourth-order valence-electron chi connectivity index (χ4n) is 2.83. The van der Waals surface area contributed by atoms with Gasteiger partial charge < -0.3 is 15.4 Å². The van der Waals surface area contributed by atoms with Crippen LogP contribution < -0.4 is 21.8 Å². The van der Waals surface area contributed by atoms with E-state index in [9.17, 15) is 14.3 Å². The first-order valence-corrected chi connectivity index (χ1v) is 8.90. The molecule has 0 unspecified atom stereocenters. The Labute approximate surface area is 161 Å². The lowest BCUT2D eigenvalue weighted by Gasteiger charge is -2.05. The minimum absolute atomic E-state index is 0.192. The smallest absolute Gasteiger partial charge is 0.326 e. The number of nitrogens with zero attached hydrogens (tertiary/aromatic N) is 5. The minimum atomic E-state index is -0.530. The molecule has 0 atom stereocenters. The Morgan fingerprint density at radius 2 is 2.17 bits per heavy atom. The Hall–Kier alpha value is -4.02. The second-order valence-corrected chi connectivity index (χ2v) is 6.66. The molecular weight excluding hydrogens is 379 g/mol. The molecule has 146 valence electrons. The molecule has 4 N–H and O–H groups in total. The van der Waals surface area contributed by atoms with E-state index in [0.717, 1.165) is 12.8 Å². The zero-order valence-corrected chi connectivity index (χ0v) is 14.9. The first-order valence-electron chi connectivity index (χ1n) is 8.90. The minimum Gasteiger partial charge on any atom is -0.493 e. The number of nitrogens with one attached hydrogen (secondary N) is 3. The van der Waals surface area contributed by atoms with Gasteiger partial charge in [0, 0.05) is 10.9 Å². The molecule has 29 heavy (non-hydrogen) atoms. The summed E-state index contributed by atoms with van der Waals surface area (Å²) in [4.78, 5) is 29.6. The van der Waals surface area contributed by atoms with E-state index in [-0.39, 0.29) is 29.4 Å². The maximum Gasteiger partial charge on any atom is 0.326 e. The molecule has 3 heterocycles. The average Bonchev–Trinajstić information content (AvgIpc) is 3.31. The van der Waals surface area contributed by atoms with Gasteiger partial charge in [-0.05, 0) is 37.1 Å². The van der Waals surface area contributed by atoms with Gasteiger partial charge >= 0.3 is 5.69 Å². The molecule has 11 heteroatoms. The van der Waals surface area contributed by atoms with Gasteiger partial charge in [-0.2, -0.15) is 19.6 Å². The number of fused-ring (bicyclic) bond motifs is 1. The molecule has 5 rings (SSSR count). The van der Waals surface area contributed by atoms with Crippen LogP contribution in [0.1, 0.15) is 18.5 Å². The molecule has 10 nitrogen and oxygen atoms in total. The van der Waals surface area contributed by atoms with E-state index in [2.05, 4.69) is 35.3 Å². The maximum atomic E-state index is 13.5. The molecule has 0 bridgehead atoms. The summed E-state index contributed by atoms with van der Waals surface area (Å²) in [5.41, 5.74) is 0.938. The van der Waals surface area contributed by atoms with Gasteiger partial charge in [-0.1, -0.05) is 6.07 Å². The SMILES string of the molecule is O=c1[nH]c(O)c(C=c2cnn3c(=NC4CC4)nc(Nc4cccc(F)c4)nc23)[nH]1. The van der Waals surface area contributed by atoms with Crippen LogP contribution in [0.25, 0.3) is 11.7 Å². The molecule has 1 fully saturated rings. The molecule has 0 spiro atoms. The molecule has 0 aliphatic heterocycles. The van der Waals surface area contributed by atoms with Gasteiger partial charge in [0.2, 0.25) is 11.8 Å². The van der Waals surface area contributed by atoms with Crippen LogP contribution in [0.5, 0.6) is 5.88 Å². The quantitative estimate of drug-likeness (QED) is 0.394. The van der Waals surface area contributed by atoms with Crippen LogP contribution in [0.3, 0.4) is 0 Å². The van der Waals surface area contributed by atoms with Crippen LogP contribution in [0.4, 0.5) is 16.0 Å². The standard InChI is InChI=1S/C18H15FN8O2/c19-10-2-1-3-12(7-10)21-16-24-14-9(6-13-15(28)25-18(29)23-13)8-20-27(14)17(26-16)22-11-4-5-11/h1-3,6-8,11,28H,4-5H2,(H,21,22,26)(H2,23,25,29). The summed E-state index contributed by atoms with van der Waals surface area (Å²) >= 11 is 0. The number of aromatic amines is 2. The molecule has 1 aromatic carbocycles. The molecule has 1 aliphatic rings. The summed E-state index contributed by atoms with van der Waals surface area (Å²) in [6.45, 7) is 0. The number of H-pyrrole nitrogens is 2. The van der Waals surface area contributed by atoms with Gasteiger partial charge in [0.1, 0.15) is 11.5 Å². The highest BCUT2D eigenvalue weighted by atomic mass is 19.1. The molecule has 0 amide bonds. The second-order valence-electron chi connectivity index (χ2n) is 6.66. The van der Waals surface area contributed by atoms with E-state index in [0.29, 0.717) is 22.2 Å². The van der Waals surface area contributed by atoms with Gasteiger partial charge in [-0.25, -0.2) is 14.2 Å². The first kappa shape index (κ1) is 17.1. The molecule has 1 aliphatic carbocycles. The van der Waals surface area contributed by atoms with Crippen molar-refractivity contribution in [1.82, 2.24) is 29.5 Å². The number of anilines is 2. The number of rotatable bonds is 4. The predicted molar refractivity (Wildman–Crippen MR) is 101 cm³/mol. The fraction of sp³-hybridized carbons (Fsp3) is 0.167. The number of halogens is 1. The second kappa shape index (κ2) is 6.55. The third kappa shape index (κ3) is 3.45. The van der Waals surface area contributed by atoms with E-state index < -0.39 is 5.69 Å². The summed E-state index contributed by atoms with van der Waals surface area (Å²) in [5, 5.41) is 17.6. The van der Waals surface area contributed by atoms with Crippen molar-refractivity contribution in [2.75, 3.05) is 5.32 Å². The normalized spacial score (nSPS) is 15.3. The molecule has 4 aromatic rings. The van der Waals surface area contributed by atoms with Crippen molar-refractivity contribution in [2.45, 2.75) is 18.9 Å². The predicted octanol–water partition coefficient (Wildman–Crippen LogP) is 0.340. The van der Waals surface area contributed by atoms with Crippen LogP contribution in [-0.4, -0.2) is 40.7 Å². The van der Waals surface area contributed by atoms with Crippen molar-refractivity contribution >= 4 is 23.4 Å². The van der Waals surface area contributed by atoms with E-state index in [4.69, 9.17) is 0 Å².